The van der Waals surface area contributed by atoms with Crippen LogP contribution in [0.25, 0.3) is 0 Å². The summed E-state index contributed by atoms with van der Waals surface area (Å²) in [7, 11) is 0. The molecule has 7 heteroatoms. The second-order valence-electron chi connectivity index (χ2n) is 5.95. The maximum absolute atomic E-state index is 12.0. The number of aliphatic hydroxyl groups excluding tert-OH is 1. The first-order valence-electron chi connectivity index (χ1n) is 6.63. The van der Waals surface area contributed by atoms with Crippen molar-refractivity contribution in [3.05, 3.63) is 44.7 Å². The van der Waals surface area contributed by atoms with Gasteiger partial charge in [-0.25, -0.2) is 0 Å². The Morgan fingerprint density at radius 1 is 1.41 bits per heavy atom. The number of hydrogen-bond acceptors (Lipinski definition) is 5. The van der Waals surface area contributed by atoms with Crippen molar-refractivity contribution in [2.45, 2.75) is 26.7 Å². The van der Waals surface area contributed by atoms with E-state index in [1.807, 2.05) is 13.8 Å². The quantitative estimate of drug-likeness (QED) is 0.514. The molecule has 0 aromatic heterocycles. The fraction of sp³-hybridized carbons (Fsp3) is 0.333. The van der Waals surface area contributed by atoms with Gasteiger partial charge in [0.2, 0.25) is 0 Å². The molecule has 0 saturated carbocycles. The molecule has 1 N–H and O–H groups in total. The summed E-state index contributed by atoms with van der Waals surface area (Å²) in [5.74, 6) is -0.182. The van der Waals surface area contributed by atoms with E-state index in [-0.39, 0.29) is 33.2 Å². The maximum Gasteiger partial charge on any atom is 0.271 e. The van der Waals surface area contributed by atoms with Crippen molar-refractivity contribution in [2.24, 2.45) is 10.4 Å². The summed E-state index contributed by atoms with van der Waals surface area (Å²) in [4.78, 5) is 26.2. The third-order valence-corrected chi connectivity index (χ3v) is 3.67. The number of carbonyl (C=O) groups is 1. The van der Waals surface area contributed by atoms with Crippen LogP contribution >= 0.6 is 11.6 Å². The molecule has 0 spiro atoms. The normalized spacial score (nSPS) is 18.0. The van der Waals surface area contributed by atoms with Gasteiger partial charge in [0.1, 0.15) is 5.76 Å². The molecule has 6 nitrogen and oxygen atoms in total. The smallest absolute Gasteiger partial charge is 0.271 e. The number of Topliss-reactive ketones (excluding diaryl/α,β-unsaturated/α-hetero) is 1. The molecule has 0 radical (unpaired) electrons. The van der Waals surface area contributed by atoms with Crippen LogP contribution in [0.2, 0.25) is 5.02 Å². The van der Waals surface area contributed by atoms with E-state index in [1.165, 1.54) is 24.4 Å². The summed E-state index contributed by atoms with van der Waals surface area (Å²) in [6, 6.07) is 3.86. The van der Waals surface area contributed by atoms with Crippen molar-refractivity contribution < 1.29 is 14.8 Å². The van der Waals surface area contributed by atoms with Crippen molar-refractivity contribution >= 4 is 35.0 Å². The fourth-order valence-electron chi connectivity index (χ4n) is 2.30. The fourth-order valence-corrected chi connectivity index (χ4v) is 2.52. The van der Waals surface area contributed by atoms with Crippen LogP contribution in [-0.2, 0) is 4.79 Å². The topological polar surface area (TPSA) is 92.8 Å². The Balaban J connectivity index is 2.29. The largest absolute Gasteiger partial charge is 0.511 e. The minimum absolute atomic E-state index is 0.00281. The van der Waals surface area contributed by atoms with E-state index < -0.39 is 4.92 Å². The molecule has 1 aromatic carbocycles. The third-order valence-electron chi connectivity index (χ3n) is 3.37. The zero-order chi connectivity index (χ0) is 16.5. The minimum atomic E-state index is -0.555. The van der Waals surface area contributed by atoms with E-state index in [4.69, 9.17) is 11.6 Å². The van der Waals surface area contributed by atoms with Crippen LogP contribution in [-0.4, -0.2) is 22.0 Å². The number of non-ortho nitro benzene ring substituents is 1. The zero-order valence-electron chi connectivity index (χ0n) is 12.2. The van der Waals surface area contributed by atoms with Gasteiger partial charge in [-0.05, 0) is 11.5 Å². The lowest BCUT2D eigenvalue weighted by atomic mass is 9.77. The second kappa shape index (κ2) is 5.88. The van der Waals surface area contributed by atoms with Crippen LogP contribution in [0.4, 0.5) is 11.4 Å². The summed E-state index contributed by atoms with van der Waals surface area (Å²) in [6.45, 7) is 3.81. The molecule has 0 amide bonds. The molecule has 116 valence electrons. The van der Waals surface area contributed by atoms with E-state index >= 15 is 0 Å². The third kappa shape index (κ3) is 3.51. The number of aliphatic hydroxyl groups is 1. The summed E-state index contributed by atoms with van der Waals surface area (Å²) < 4.78 is 0. The van der Waals surface area contributed by atoms with Gasteiger partial charge < -0.3 is 5.11 Å². The van der Waals surface area contributed by atoms with Crippen molar-refractivity contribution in [3.63, 3.8) is 0 Å². The number of nitro benzene ring substituents is 1. The lowest BCUT2D eigenvalue weighted by Crippen LogP contribution is -2.26. The minimum Gasteiger partial charge on any atom is -0.511 e. The van der Waals surface area contributed by atoms with E-state index in [9.17, 15) is 20.0 Å². The molecule has 0 saturated heterocycles. The Kier molecular flexibility index (Phi) is 4.32. The molecule has 1 aromatic rings. The Morgan fingerprint density at radius 3 is 2.64 bits per heavy atom. The van der Waals surface area contributed by atoms with Gasteiger partial charge in [-0.3, -0.25) is 19.9 Å². The highest BCUT2D eigenvalue weighted by Gasteiger charge is 2.32. The highest BCUT2D eigenvalue weighted by Crippen LogP contribution is 2.35. The Morgan fingerprint density at radius 2 is 2.09 bits per heavy atom. The van der Waals surface area contributed by atoms with Gasteiger partial charge in [0.05, 0.1) is 21.2 Å². The van der Waals surface area contributed by atoms with Crippen molar-refractivity contribution in [3.8, 4) is 0 Å². The number of ketones is 1. The molecule has 0 unspecified atom stereocenters. The molecule has 0 bridgehead atoms. The average molecular weight is 323 g/mol. The standard InChI is InChI=1S/C15H15ClN2O4/c1-15(2)6-13(19)10(14(20)7-15)8-17-12-4-3-9(18(21)22)5-11(12)16/h3-5,8,19H,6-7H2,1-2H3. The predicted molar refractivity (Wildman–Crippen MR) is 83.9 cm³/mol. The summed E-state index contributed by atoms with van der Waals surface area (Å²) >= 11 is 5.93. The molecule has 22 heavy (non-hydrogen) atoms. The number of allylic oxidation sites excluding steroid dienone is 2. The highest BCUT2D eigenvalue weighted by molar-refractivity contribution is 6.33. The molecule has 0 fully saturated rings. The predicted octanol–water partition coefficient (Wildman–Crippen LogP) is 4.15. The Hall–Kier alpha value is -2.21. The zero-order valence-corrected chi connectivity index (χ0v) is 12.9. The first-order valence-corrected chi connectivity index (χ1v) is 7.01. The van der Waals surface area contributed by atoms with Crippen LogP contribution < -0.4 is 0 Å². The Bertz CT molecular complexity index is 707. The lowest BCUT2D eigenvalue weighted by molar-refractivity contribution is -0.384. The van der Waals surface area contributed by atoms with Gasteiger partial charge in [0.25, 0.3) is 5.69 Å². The maximum atomic E-state index is 12.0. The molecule has 1 aliphatic rings. The van der Waals surface area contributed by atoms with E-state index in [2.05, 4.69) is 4.99 Å². The number of aliphatic imine (C=N–C) groups is 1. The average Bonchev–Trinajstić information content (AvgIpc) is 2.37. The van der Waals surface area contributed by atoms with Crippen LogP contribution in [0.1, 0.15) is 26.7 Å². The van der Waals surface area contributed by atoms with Crippen LogP contribution in [0.15, 0.2) is 34.5 Å². The first-order chi connectivity index (χ1) is 10.2. The highest BCUT2D eigenvalue weighted by atomic mass is 35.5. The van der Waals surface area contributed by atoms with E-state index in [0.717, 1.165) is 0 Å². The van der Waals surface area contributed by atoms with Crippen molar-refractivity contribution in [2.75, 3.05) is 0 Å². The summed E-state index contributed by atoms with van der Waals surface area (Å²) in [5.41, 5.74) is 0.0456. The Labute approximate surface area is 132 Å². The molecular formula is C15H15ClN2O4. The molecular weight excluding hydrogens is 308 g/mol. The SMILES string of the molecule is CC1(C)CC(=O)C(C=Nc2ccc([N+](=O)[O-])cc2Cl)=C(O)C1. The van der Waals surface area contributed by atoms with Gasteiger partial charge >= 0.3 is 0 Å². The molecule has 1 aliphatic carbocycles. The number of nitrogens with zero attached hydrogens (tertiary/aromatic N) is 2. The van der Waals surface area contributed by atoms with Crippen molar-refractivity contribution in [1.29, 1.82) is 0 Å². The number of carbonyl (C=O) groups excluding carboxylic acids is 1. The van der Waals surface area contributed by atoms with E-state index in [0.29, 0.717) is 18.5 Å². The molecule has 0 aliphatic heterocycles. The lowest BCUT2D eigenvalue weighted by Gasteiger charge is -2.28. The van der Waals surface area contributed by atoms with Crippen molar-refractivity contribution in [1.82, 2.24) is 0 Å². The van der Waals surface area contributed by atoms with Gasteiger partial charge in [0.15, 0.2) is 5.78 Å². The monoisotopic (exact) mass is 322 g/mol. The van der Waals surface area contributed by atoms with Gasteiger partial charge in [0, 0.05) is 31.2 Å². The van der Waals surface area contributed by atoms with Gasteiger partial charge in [-0.15, -0.1) is 0 Å². The summed E-state index contributed by atoms with van der Waals surface area (Å²) in [6.07, 6.45) is 1.99. The van der Waals surface area contributed by atoms with Gasteiger partial charge in [-0.2, -0.15) is 0 Å². The number of halogens is 1. The molecule has 0 heterocycles. The van der Waals surface area contributed by atoms with Crippen LogP contribution in [0, 0.1) is 15.5 Å². The van der Waals surface area contributed by atoms with E-state index in [1.54, 1.807) is 0 Å². The number of nitro groups is 1. The summed E-state index contributed by atoms with van der Waals surface area (Å²) in [5, 5.41) is 20.7. The molecule has 2 rings (SSSR count). The second-order valence-corrected chi connectivity index (χ2v) is 6.36. The molecule has 0 atom stereocenters. The van der Waals surface area contributed by atoms with Crippen LogP contribution in [0.5, 0.6) is 0 Å². The van der Waals surface area contributed by atoms with Crippen LogP contribution in [0.3, 0.4) is 0 Å². The number of hydrogen-bond donors (Lipinski definition) is 1. The first kappa shape index (κ1) is 16.2. The number of benzene rings is 1. The van der Waals surface area contributed by atoms with Gasteiger partial charge in [-0.1, -0.05) is 25.4 Å². The number of rotatable bonds is 3.